The molecule has 1 rings (SSSR count). The third-order valence-corrected chi connectivity index (χ3v) is 6.88. The first-order valence-corrected chi connectivity index (χ1v) is 14.8. The van der Waals surface area contributed by atoms with E-state index in [9.17, 15) is 4.79 Å². The molecule has 1 aromatic heterocycles. The number of nitrogens with zero attached hydrogens (tertiary/aromatic N) is 3. The van der Waals surface area contributed by atoms with Gasteiger partial charge in [0.05, 0.1) is 13.0 Å². The second-order valence-corrected chi connectivity index (χ2v) is 10.3. The Hall–Kier alpha value is -1.57. The summed E-state index contributed by atoms with van der Waals surface area (Å²) in [7, 11) is 0. The topological polar surface area (TPSA) is 117 Å². The monoisotopic (exact) mass is 495 g/mol. The Kier molecular flexibility index (Phi) is 19.6. The van der Waals surface area contributed by atoms with Crippen LogP contribution in [0.15, 0.2) is 0 Å². The highest BCUT2D eigenvalue weighted by molar-refractivity contribution is 7.99. The maximum atomic E-state index is 11.8. The molecule has 0 atom stereocenters. The minimum absolute atomic E-state index is 0.109. The zero-order chi connectivity index (χ0) is 24.7. The van der Waals surface area contributed by atoms with Crippen molar-refractivity contribution in [1.82, 2.24) is 15.0 Å². The fourth-order valence-corrected chi connectivity index (χ4v) is 4.74. The zero-order valence-corrected chi connectivity index (χ0v) is 22.4. The molecule has 0 amide bonds. The van der Waals surface area contributed by atoms with Gasteiger partial charge in [-0.05, 0) is 6.42 Å². The Bertz CT molecular complexity index is 613. The number of aryl methyl sites for hydroxylation is 1. The highest BCUT2D eigenvalue weighted by Gasteiger charge is 2.05. The van der Waals surface area contributed by atoms with Crippen LogP contribution in [0.25, 0.3) is 0 Å². The van der Waals surface area contributed by atoms with E-state index in [2.05, 4.69) is 21.9 Å². The first-order chi connectivity index (χ1) is 16.6. The third kappa shape index (κ3) is 18.8. The van der Waals surface area contributed by atoms with Gasteiger partial charge in [-0.15, -0.1) is 0 Å². The van der Waals surface area contributed by atoms with Crippen LogP contribution in [0.3, 0.4) is 0 Å². The van der Waals surface area contributed by atoms with Gasteiger partial charge < -0.3 is 16.2 Å². The number of esters is 1. The highest BCUT2D eigenvalue weighted by atomic mass is 32.2. The summed E-state index contributed by atoms with van der Waals surface area (Å²) in [6.45, 7) is 2.82. The Labute approximate surface area is 212 Å². The minimum atomic E-state index is -0.109. The van der Waals surface area contributed by atoms with Gasteiger partial charge in [-0.1, -0.05) is 103 Å². The maximum Gasteiger partial charge on any atom is 0.306 e. The van der Waals surface area contributed by atoms with E-state index in [-0.39, 0.29) is 17.9 Å². The van der Waals surface area contributed by atoms with Gasteiger partial charge in [-0.2, -0.15) is 26.7 Å². The van der Waals surface area contributed by atoms with Gasteiger partial charge in [0.25, 0.3) is 0 Å². The SMILES string of the molecule is CCCCCCCCCCCCCCCCCCOC(=O)CCSCCc1nc(N)nc(N)n1. The second-order valence-electron chi connectivity index (χ2n) is 9.10. The maximum absolute atomic E-state index is 11.8. The summed E-state index contributed by atoms with van der Waals surface area (Å²) in [6, 6.07) is 0. The summed E-state index contributed by atoms with van der Waals surface area (Å²) in [6.07, 6.45) is 22.6. The normalized spacial score (nSPS) is 11.1. The predicted molar refractivity (Wildman–Crippen MR) is 145 cm³/mol. The van der Waals surface area contributed by atoms with E-state index in [0.717, 1.165) is 24.3 Å². The van der Waals surface area contributed by atoms with E-state index in [1.165, 1.54) is 89.9 Å². The van der Waals surface area contributed by atoms with Crippen molar-refractivity contribution in [1.29, 1.82) is 0 Å². The lowest BCUT2D eigenvalue weighted by atomic mass is 10.0. The van der Waals surface area contributed by atoms with Crippen LogP contribution in [0.1, 0.15) is 122 Å². The lowest BCUT2D eigenvalue weighted by Crippen LogP contribution is -2.09. The molecule has 0 saturated heterocycles. The first kappa shape index (κ1) is 30.5. The molecule has 0 unspecified atom stereocenters. The molecule has 0 spiro atoms. The number of nitrogen functional groups attached to an aromatic ring is 2. The number of anilines is 2. The Morgan fingerprint density at radius 1 is 0.706 bits per heavy atom. The van der Waals surface area contributed by atoms with Gasteiger partial charge in [0.1, 0.15) is 5.82 Å². The van der Waals surface area contributed by atoms with Crippen molar-refractivity contribution >= 4 is 29.6 Å². The van der Waals surface area contributed by atoms with Crippen LogP contribution >= 0.6 is 11.8 Å². The van der Waals surface area contributed by atoms with E-state index in [4.69, 9.17) is 16.2 Å². The van der Waals surface area contributed by atoms with Gasteiger partial charge in [0.15, 0.2) is 0 Å². The molecule has 0 bridgehead atoms. The van der Waals surface area contributed by atoms with Crippen LogP contribution in [0.5, 0.6) is 0 Å². The number of ether oxygens (including phenoxy) is 1. The molecule has 1 heterocycles. The number of unbranched alkanes of at least 4 members (excludes halogenated alkanes) is 15. The molecule has 0 aromatic carbocycles. The molecule has 0 aliphatic heterocycles. The number of rotatable bonds is 23. The van der Waals surface area contributed by atoms with Crippen molar-refractivity contribution in [3.63, 3.8) is 0 Å². The molecule has 196 valence electrons. The fourth-order valence-electron chi connectivity index (χ4n) is 3.90. The van der Waals surface area contributed by atoms with Crippen molar-refractivity contribution in [3.8, 4) is 0 Å². The summed E-state index contributed by atoms with van der Waals surface area (Å²) in [5, 5.41) is 0. The highest BCUT2D eigenvalue weighted by Crippen LogP contribution is 2.14. The average Bonchev–Trinajstić information content (AvgIpc) is 2.80. The van der Waals surface area contributed by atoms with Crippen molar-refractivity contribution in [2.24, 2.45) is 0 Å². The summed E-state index contributed by atoms with van der Waals surface area (Å²) >= 11 is 1.67. The van der Waals surface area contributed by atoms with Crippen molar-refractivity contribution in [3.05, 3.63) is 5.82 Å². The van der Waals surface area contributed by atoms with Gasteiger partial charge in [-0.25, -0.2) is 0 Å². The number of hydrogen-bond donors (Lipinski definition) is 2. The van der Waals surface area contributed by atoms with Crippen molar-refractivity contribution in [2.75, 3.05) is 29.6 Å². The summed E-state index contributed by atoms with van der Waals surface area (Å²) in [5.74, 6) is 2.30. The molecule has 0 radical (unpaired) electrons. The quantitative estimate of drug-likeness (QED) is 0.130. The van der Waals surface area contributed by atoms with Crippen LogP contribution in [0.2, 0.25) is 0 Å². The van der Waals surface area contributed by atoms with Crippen LogP contribution in [-0.2, 0) is 16.0 Å². The minimum Gasteiger partial charge on any atom is -0.466 e. The Morgan fingerprint density at radius 3 is 1.68 bits per heavy atom. The standard InChI is InChI=1S/C26H49N5O2S/c1-2-3-4-5-6-7-8-9-10-11-12-13-14-15-16-17-20-33-24(32)19-22-34-21-18-23-29-25(27)31-26(28)30-23/h2-22H2,1H3,(H4,27,28,29,30,31). The number of aromatic nitrogens is 3. The summed E-state index contributed by atoms with van der Waals surface area (Å²) in [5.41, 5.74) is 11.1. The molecule has 1 aromatic rings. The fraction of sp³-hybridized carbons (Fsp3) is 0.846. The molecule has 34 heavy (non-hydrogen) atoms. The van der Waals surface area contributed by atoms with E-state index < -0.39 is 0 Å². The molecule has 8 heteroatoms. The smallest absolute Gasteiger partial charge is 0.306 e. The van der Waals surface area contributed by atoms with E-state index in [0.29, 0.717) is 25.3 Å². The van der Waals surface area contributed by atoms with Crippen LogP contribution in [0, 0.1) is 0 Å². The van der Waals surface area contributed by atoms with Gasteiger partial charge in [0.2, 0.25) is 11.9 Å². The largest absolute Gasteiger partial charge is 0.466 e. The Balaban J connectivity index is 1.78. The molecule has 4 N–H and O–H groups in total. The summed E-state index contributed by atoms with van der Waals surface area (Å²) < 4.78 is 5.34. The summed E-state index contributed by atoms with van der Waals surface area (Å²) in [4.78, 5) is 23.7. The molecule has 0 aliphatic carbocycles. The van der Waals surface area contributed by atoms with Crippen LogP contribution < -0.4 is 11.5 Å². The number of hydrogen-bond acceptors (Lipinski definition) is 8. The third-order valence-electron chi connectivity index (χ3n) is 5.90. The van der Waals surface area contributed by atoms with Crippen LogP contribution in [-0.4, -0.2) is 39.0 Å². The van der Waals surface area contributed by atoms with E-state index >= 15 is 0 Å². The van der Waals surface area contributed by atoms with E-state index in [1.807, 2.05) is 0 Å². The van der Waals surface area contributed by atoms with Crippen LogP contribution in [0.4, 0.5) is 11.9 Å². The number of carbonyl (C=O) groups is 1. The lowest BCUT2D eigenvalue weighted by molar-refractivity contribution is -0.143. The Morgan fingerprint density at radius 2 is 1.18 bits per heavy atom. The molecular formula is C26H49N5O2S. The molecule has 0 aliphatic rings. The van der Waals surface area contributed by atoms with Crippen molar-refractivity contribution < 1.29 is 9.53 Å². The molecule has 0 fully saturated rings. The van der Waals surface area contributed by atoms with Gasteiger partial charge in [-0.3, -0.25) is 4.79 Å². The first-order valence-electron chi connectivity index (χ1n) is 13.6. The molecular weight excluding hydrogens is 446 g/mol. The molecule has 7 nitrogen and oxygen atoms in total. The van der Waals surface area contributed by atoms with Gasteiger partial charge >= 0.3 is 5.97 Å². The van der Waals surface area contributed by atoms with E-state index in [1.54, 1.807) is 11.8 Å². The average molecular weight is 496 g/mol. The second kappa shape index (κ2) is 21.9. The molecule has 0 saturated carbocycles. The lowest BCUT2D eigenvalue weighted by Gasteiger charge is -2.06. The number of carbonyl (C=O) groups excluding carboxylic acids is 1. The zero-order valence-electron chi connectivity index (χ0n) is 21.6. The predicted octanol–water partition coefficient (Wildman–Crippen LogP) is 6.51. The van der Waals surface area contributed by atoms with Gasteiger partial charge in [0, 0.05) is 17.9 Å². The number of thioether (sulfide) groups is 1. The number of nitrogens with two attached hydrogens (primary N) is 2. The van der Waals surface area contributed by atoms with Crippen molar-refractivity contribution in [2.45, 2.75) is 122 Å².